The molecule has 4 nitrogen and oxygen atoms in total. The first kappa shape index (κ1) is 12.2. The van der Waals surface area contributed by atoms with Crippen LogP contribution >= 0.6 is 0 Å². The molecule has 0 bridgehead atoms. The highest BCUT2D eigenvalue weighted by Gasteiger charge is 2.02. The molecule has 1 aromatic rings. The number of hydrogen-bond donors (Lipinski definition) is 1. The molecule has 0 aromatic carbocycles. The molecule has 0 radical (unpaired) electrons. The van der Waals surface area contributed by atoms with E-state index in [9.17, 15) is 0 Å². The number of aryl methyl sites for hydroxylation is 1. The second kappa shape index (κ2) is 7.40. The van der Waals surface area contributed by atoms with Gasteiger partial charge in [-0.15, -0.1) is 0 Å². The Balaban J connectivity index is 2.29. The van der Waals surface area contributed by atoms with E-state index in [4.69, 9.17) is 0 Å². The standard InChI is InChI=1S/C11H22N4/c1-3-5-6-7-8-15-11(9-12-4-2)13-10-14-15/h10,12H,3-9H2,1-2H3. The number of hydrogen-bond acceptors (Lipinski definition) is 3. The lowest BCUT2D eigenvalue weighted by Gasteiger charge is -2.05. The molecule has 4 heteroatoms. The van der Waals surface area contributed by atoms with Gasteiger partial charge >= 0.3 is 0 Å². The fourth-order valence-corrected chi connectivity index (χ4v) is 1.54. The van der Waals surface area contributed by atoms with Crippen molar-refractivity contribution in [3.63, 3.8) is 0 Å². The molecule has 0 unspecified atom stereocenters. The molecule has 0 saturated carbocycles. The van der Waals surface area contributed by atoms with Crippen molar-refractivity contribution in [1.29, 1.82) is 0 Å². The van der Waals surface area contributed by atoms with E-state index in [1.54, 1.807) is 6.33 Å². The molecule has 0 spiro atoms. The Kier molecular flexibility index (Phi) is 6.00. The van der Waals surface area contributed by atoms with Gasteiger partial charge in [0.1, 0.15) is 12.2 Å². The third-order valence-electron chi connectivity index (χ3n) is 2.45. The van der Waals surface area contributed by atoms with Crippen LogP contribution in [0.1, 0.15) is 45.4 Å². The van der Waals surface area contributed by atoms with Crippen LogP contribution in [0.5, 0.6) is 0 Å². The number of nitrogens with one attached hydrogen (secondary N) is 1. The van der Waals surface area contributed by atoms with Gasteiger partial charge in [0.2, 0.25) is 0 Å². The SMILES string of the molecule is CCCCCCn1ncnc1CNCC. The average molecular weight is 210 g/mol. The summed E-state index contributed by atoms with van der Waals surface area (Å²) < 4.78 is 2.01. The summed E-state index contributed by atoms with van der Waals surface area (Å²) in [6.45, 7) is 7.13. The van der Waals surface area contributed by atoms with Crippen LogP contribution < -0.4 is 5.32 Å². The third kappa shape index (κ3) is 4.42. The topological polar surface area (TPSA) is 42.7 Å². The van der Waals surface area contributed by atoms with Crippen LogP contribution in [0.4, 0.5) is 0 Å². The van der Waals surface area contributed by atoms with E-state index in [-0.39, 0.29) is 0 Å². The van der Waals surface area contributed by atoms with Crippen molar-refractivity contribution in [1.82, 2.24) is 20.1 Å². The van der Waals surface area contributed by atoms with Gasteiger partial charge in [0, 0.05) is 6.54 Å². The van der Waals surface area contributed by atoms with Gasteiger partial charge in [0.05, 0.1) is 6.54 Å². The molecule has 0 aliphatic carbocycles. The number of rotatable bonds is 8. The fraction of sp³-hybridized carbons (Fsp3) is 0.818. The van der Waals surface area contributed by atoms with Gasteiger partial charge in [-0.1, -0.05) is 33.1 Å². The normalized spacial score (nSPS) is 10.8. The van der Waals surface area contributed by atoms with E-state index < -0.39 is 0 Å². The Morgan fingerprint density at radius 2 is 2.13 bits per heavy atom. The van der Waals surface area contributed by atoms with Crippen LogP contribution in [0.3, 0.4) is 0 Å². The molecule has 1 heterocycles. The van der Waals surface area contributed by atoms with Crippen molar-refractivity contribution in [2.24, 2.45) is 0 Å². The van der Waals surface area contributed by atoms with Gasteiger partial charge in [-0.05, 0) is 13.0 Å². The summed E-state index contributed by atoms with van der Waals surface area (Å²) in [5, 5.41) is 7.50. The summed E-state index contributed by atoms with van der Waals surface area (Å²) in [5.41, 5.74) is 0. The minimum atomic E-state index is 0.824. The number of aromatic nitrogens is 3. The first-order chi connectivity index (χ1) is 7.38. The summed E-state index contributed by atoms with van der Waals surface area (Å²) in [7, 11) is 0. The van der Waals surface area contributed by atoms with Crippen molar-refractivity contribution in [3.8, 4) is 0 Å². The average Bonchev–Trinajstić information content (AvgIpc) is 2.69. The molecule has 15 heavy (non-hydrogen) atoms. The van der Waals surface area contributed by atoms with Gasteiger partial charge in [-0.2, -0.15) is 5.10 Å². The molecule has 0 aliphatic heterocycles. The summed E-state index contributed by atoms with van der Waals surface area (Å²) in [4.78, 5) is 4.24. The summed E-state index contributed by atoms with van der Waals surface area (Å²) in [5.74, 6) is 1.05. The summed E-state index contributed by atoms with van der Waals surface area (Å²) in [6.07, 6.45) is 6.73. The van der Waals surface area contributed by atoms with Crippen LogP contribution in [0.2, 0.25) is 0 Å². The fourth-order valence-electron chi connectivity index (χ4n) is 1.54. The van der Waals surface area contributed by atoms with Crippen molar-refractivity contribution < 1.29 is 0 Å². The zero-order valence-electron chi connectivity index (χ0n) is 9.87. The predicted octanol–water partition coefficient (Wildman–Crippen LogP) is 1.97. The Morgan fingerprint density at radius 1 is 1.27 bits per heavy atom. The van der Waals surface area contributed by atoms with Crippen molar-refractivity contribution in [2.45, 2.75) is 52.6 Å². The molecule has 1 aromatic heterocycles. The maximum atomic E-state index is 4.24. The van der Waals surface area contributed by atoms with Gasteiger partial charge in [0.15, 0.2) is 0 Å². The molecule has 1 N–H and O–H groups in total. The van der Waals surface area contributed by atoms with Crippen molar-refractivity contribution in [3.05, 3.63) is 12.2 Å². The third-order valence-corrected chi connectivity index (χ3v) is 2.45. The summed E-state index contributed by atoms with van der Waals surface area (Å²) in [6, 6.07) is 0. The van der Waals surface area contributed by atoms with Crippen molar-refractivity contribution in [2.75, 3.05) is 6.54 Å². The van der Waals surface area contributed by atoms with E-state index in [2.05, 4.69) is 29.2 Å². The molecule has 86 valence electrons. The van der Waals surface area contributed by atoms with Gasteiger partial charge in [-0.3, -0.25) is 0 Å². The lowest BCUT2D eigenvalue weighted by atomic mass is 10.2. The van der Waals surface area contributed by atoms with Crippen LogP contribution in [0, 0.1) is 0 Å². The number of unbranched alkanes of at least 4 members (excludes halogenated alkanes) is 3. The Hall–Kier alpha value is -0.900. The second-order valence-electron chi connectivity index (χ2n) is 3.74. The molecular formula is C11H22N4. The lowest BCUT2D eigenvalue weighted by Crippen LogP contribution is -2.17. The summed E-state index contributed by atoms with van der Waals surface area (Å²) >= 11 is 0. The largest absolute Gasteiger partial charge is 0.310 e. The van der Waals surface area contributed by atoms with E-state index in [1.807, 2.05) is 4.68 Å². The maximum absolute atomic E-state index is 4.24. The quantitative estimate of drug-likeness (QED) is 0.667. The molecule has 1 rings (SSSR count). The molecule has 0 fully saturated rings. The highest BCUT2D eigenvalue weighted by molar-refractivity contribution is 4.83. The molecular weight excluding hydrogens is 188 g/mol. The zero-order valence-corrected chi connectivity index (χ0v) is 9.87. The lowest BCUT2D eigenvalue weighted by molar-refractivity contribution is 0.510. The number of nitrogens with zero attached hydrogens (tertiary/aromatic N) is 3. The van der Waals surface area contributed by atoms with Gasteiger partial charge in [0.25, 0.3) is 0 Å². The molecule has 0 atom stereocenters. The van der Waals surface area contributed by atoms with Gasteiger partial charge < -0.3 is 5.32 Å². The minimum Gasteiger partial charge on any atom is -0.310 e. The van der Waals surface area contributed by atoms with Crippen molar-refractivity contribution >= 4 is 0 Å². The highest BCUT2D eigenvalue weighted by atomic mass is 15.3. The predicted molar refractivity (Wildman–Crippen MR) is 61.5 cm³/mol. The first-order valence-electron chi connectivity index (χ1n) is 5.95. The monoisotopic (exact) mass is 210 g/mol. The van der Waals surface area contributed by atoms with E-state index in [0.717, 1.165) is 25.5 Å². The van der Waals surface area contributed by atoms with E-state index in [0.29, 0.717) is 0 Å². The van der Waals surface area contributed by atoms with Crippen LogP contribution in [0.25, 0.3) is 0 Å². The van der Waals surface area contributed by atoms with Crippen LogP contribution in [-0.2, 0) is 13.1 Å². The first-order valence-corrected chi connectivity index (χ1v) is 5.95. The Bertz CT molecular complexity index is 257. The van der Waals surface area contributed by atoms with E-state index >= 15 is 0 Å². The Morgan fingerprint density at radius 3 is 2.87 bits per heavy atom. The van der Waals surface area contributed by atoms with Crippen LogP contribution in [-0.4, -0.2) is 21.3 Å². The van der Waals surface area contributed by atoms with E-state index in [1.165, 1.54) is 25.7 Å². The van der Waals surface area contributed by atoms with Gasteiger partial charge in [-0.25, -0.2) is 9.67 Å². The Labute approximate surface area is 92.1 Å². The smallest absolute Gasteiger partial charge is 0.140 e. The zero-order chi connectivity index (χ0) is 10.9. The van der Waals surface area contributed by atoms with Crippen LogP contribution in [0.15, 0.2) is 6.33 Å². The highest BCUT2D eigenvalue weighted by Crippen LogP contribution is 2.02. The minimum absolute atomic E-state index is 0.824. The molecule has 0 saturated heterocycles. The molecule has 0 aliphatic rings. The molecule has 0 amide bonds. The second-order valence-corrected chi connectivity index (χ2v) is 3.74. The maximum Gasteiger partial charge on any atom is 0.140 e.